The average Bonchev–Trinajstić information content (AvgIpc) is 2.73. The van der Waals surface area contributed by atoms with Gasteiger partial charge in [0.1, 0.15) is 19.0 Å². The van der Waals surface area contributed by atoms with E-state index in [9.17, 15) is 9.46 Å². The highest BCUT2D eigenvalue weighted by Crippen LogP contribution is 2.08. The number of aryl methyl sites for hydroxylation is 2. The Labute approximate surface area is 110 Å². The van der Waals surface area contributed by atoms with Crippen LogP contribution in [0.4, 0.5) is 0 Å². The number of hydrogen-bond acceptors (Lipinski definition) is 3. The molecule has 0 radical (unpaired) electrons. The molecule has 0 aliphatic heterocycles. The zero-order valence-corrected chi connectivity index (χ0v) is 12.4. The summed E-state index contributed by atoms with van der Waals surface area (Å²) >= 11 is 0. The zero-order chi connectivity index (χ0) is 13.8. The molecule has 0 aromatic carbocycles. The Bertz CT molecular complexity index is 329. The molecule has 0 aliphatic rings. The molecule has 0 saturated carbocycles. The third-order valence-electron chi connectivity index (χ3n) is 2.29. The van der Waals surface area contributed by atoms with Crippen LogP contribution in [0.1, 0.15) is 39.5 Å². The average molecular weight is 275 g/mol. The first-order valence-corrected chi connectivity index (χ1v) is 7.48. The minimum Gasteiger partial charge on any atom is -0.566 e. The molecule has 104 valence electrons. The SMILES string of the molecule is CCCCO[P+](=O)[O-].CCCCn1cc[n+](C)c1. The summed E-state index contributed by atoms with van der Waals surface area (Å²) in [6.07, 6.45) is 10.6. The lowest BCUT2D eigenvalue weighted by molar-refractivity contribution is -0.671. The van der Waals surface area contributed by atoms with Crippen LogP contribution in [0.2, 0.25) is 0 Å². The molecular formula is C12H24N2O3P+. The Kier molecular flexibility index (Phi) is 10.8. The van der Waals surface area contributed by atoms with Crippen LogP contribution in [-0.2, 0) is 22.7 Å². The molecule has 0 saturated heterocycles. The third kappa shape index (κ3) is 10.4. The Morgan fingerprint density at radius 1 is 1.33 bits per heavy atom. The molecule has 0 aliphatic carbocycles. The summed E-state index contributed by atoms with van der Waals surface area (Å²) < 4.78 is 18.2. The molecule has 0 bridgehead atoms. The van der Waals surface area contributed by atoms with Crippen molar-refractivity contribution < 1.29 is 18.5 Å². The highest BCUT2D eigenvalue weighted by Gasteiger charge is 1.97. The quantitative estimate of drug-likeness (QED) is 0.434. The molecule has 1 aromatic rings. The summed E-state index contributed by atoms with van der Waals surface area (Å²) in [6, 6.07) is 0. The van der Waals surface area contributed by atoms with Crippen LogP contribution in [0.3, 0.4) is 0 Å². The van der Waals surface area contributed by atoms with Gasteiger partial charge in [-0.3, -0.25) is 0 Å². The lowest BCUT2D eigenvalue weighted by Crippen LogP contribution is -2.23. The van der Waals surface area contributed by atoms with E-state index in [4.69, 9.17) is 0 Å². The van der Waals surface area contributed by atoms with Gasteiger partial charge in [-0.25, -0.2) is 9.13 Å². The van der Waals surface area contributed by atoms with Crippen LogP contribution in [0.15, 0.2) is 18.7 Å². The van der Waals surface area contributed by atoms with Gasteiger partial charge in [0.25, 0.3) is 0 Å². The van der Waals surface area contributed by atoms with E-state index in [0.717, 1.165) is 19.4 Å². The van der Waals surface area contributed by atoms with Gasteiger partial charge >= 0.3 is 8.25 Å². The minimum absolute atomic E-state index is 0.329. The van der Waals surface area contributed by atoms with Crippen LogP contribution in [-0.4, -0.2) is 11.2 Å². The van der Waals surface area contributed by atoms with Crippen molar-refractivity contribution in [1.82, 2.24) is 4.57 Å². The Morgan fingerprint density at radius 2 is 2.00 bits per heavy atom. The van der Waals surface area contributed by atoms with Gasteiger partial charge in [0, 0.05) is 0 Å². The largest absolute Gasteiger partial charge is 0.566 e. The Hall–Kier alpha value is -0.770. The first-order chi connectivity index (χ1) is 8.60. The van der Waals surface area contributed by atoms with Crippen molar-refractivity contribution in [2.45, 2.75) is 46.1 Å². The summed E-state index contributed by atoms with van der Waals surface area (Å²) in [4.78, 5) is 9.69. The number of rotatable bonds is 7. The van der Waals surface area contributed by atoms with Gasteiger partial charge in [0.05, 0.1) is 13.6 Å². The van der Waals surface area contributed by atoms with E-state index < -0.39 is 8.25 Å². The fourth-order valence-electron chi connectivity index (χ4n) is 1.26. The Balaban J connectivity index is 0.000000331. The summed E-state index contributed by atoms with van der Waals surface area (Å²) in [5.41, 5.74) is 0. The highest BCUT2D eigenvalue weighted by atomic mass is 31.1. The Morgan fingerprint density at radius 3 is 2.44 bits per heavy atom. The van der Waals surface area contributed by atoms with Crippen molar-refractivity contribution >= 4 is 8.25 Å². The van der Waals surface area contributed by atoms with Crippen molar-refractivity contribution in [3.63, 3.8) is 0 Å². The molecule has 1 unspecified atom stereocenters. The number of hydrogen-bond donors (Lipinski definition) is 0. The predicted octanol–water partition coefficient (Wildman–Crippen LogP) is 1.93. The van der Waals surface area contributed by atoms with Crippen LogP contribution in [0.25, 0.3) is 0 Å². The topological polar surface area (TPSA) is 58.2 Å². The maximum absolute atomic E-state index is 9.69. The maximum Gasteiger partial charge on any atom is 0.488 e. The van der Waals surface area contributed by atoms with Crippen LogP contribution in [0, 0.1) is 0 Å². The first kappa shape index (κ1) is 17.2. The van der Waals surface area contributed by atoms with E-state index in [-0.39, 0.29) is 0 Å². The standard InChI is InChI=1S/C8H15N2.C4H9O3P/c1-3-4-5-10-7-6-9(2)8-10;1-2-3-4-7-8(5)6/h6-8H,3-5H2,1-2H3;2-4H2,1H3/q+1;. The zero-order valence-electron chi connectivity index (χ0n) is 11.5. The number of imidazole rings is 1. The second-order valence-corrected chi connectivity index (χ2v) is 4.79. The summed E-state index contributed by atoms with van der Waals surface area (Å²) in [5.74, 6) is 0. The monoisotopic (exact) mass is 275 g/mol. The van der Waals surface area contributed by atoms with Gasteiger partial charge in [-0.1, -0.05) is 26.7 Å². The first-order valence-electron chi connectivity index (χ1n) is 6.38. The van der Waals surface area contributed by atoms with Crippen molar-refractivity contribution in [1.29, 1.82) is 0 Å². The lowest BCUT2D eigenvalue weighted by atomic mass is 10.3. The number of unbranched alkanes of at least 4 members (excludes halogenated alkanes) is 2. The van der Waals surface area contributed by atoms with Gasteiger partial charge < -0.3 is 4.89 Å². The van der Waals surface area contributed by atoms with Crippen molar-refractivity contribution in [2.75, 3.05) is 6.61 Å². The fraction of sp³-hybridized carbons (Fsp3) is 0.750. The van der Waals surface area contributed by atoms with Crippen molar-refractivity contribution in [3.05, 3.63) is 18.7 Å². The smallest absolute Gasteiger partial charge is 0.488 e. The van der Waals surface area contributed by atoms with Crippen LogP contribution >= 0.6 is 8.25 Å². The van der Waals surface area contributed by atoms with Gasteiger partial charge in [-0.2, -0.15) is 0 Å². The summed E-state index contributed by atoms with van der Waals surface area (Å²) in [6.45, 7) is 5.66. The molecule has 1 atom stereocenters. The van der Waals surface area contributed by atoms with Crippen molar-refractivity contribution in [2.24, 2.45) is 7.05 Å². The molecule has 5 nitrogen and oxygen atoms in total. The van der Waals surface area contributed by atoms with E-state index >= 15 is 0 Å². The molecule has 1 aromatic heterocycles. The molecular weight excluding hydrogens is 251 g/mol. The van der Waals surface area contributed by atoms with E-state index in [1.807, 2.05) is 14.0 Å². The van der Waals surface area contributed by atoms with Gasteiger partial charge in [-0.05, 0) is 17.4 Å². The molecule has 0 fully saturated rings. The fourth-order valence-corrected chi connectivity index (χ4v) is 1.54. The molecule has 0 N–H and O–H groups in total. The predicted molar refractivity (Wildman–Crippen MR) is 69.0 cm³/mol. The van der Waals surface area contributed by atoms with Crippen LogP contribution < -0.4 is 9.46 Å². The number of aromatic nitrogens is 2. The molecule has 1 rings (SSSR count). The van der Waals surface area contributed by atoms with E-state index in [1.54, 1.807) is 0 Å². The normalized spacial score (nSPS) is 10.8. The van der Waals surface area contributed by atoms with E-state index in [2.05, 4.69) is 39.3 Å². The maximum atomic E-state index is 9.69. The second-order valence-electron chi connectivity index (χ2n) is 4.08. The molecule has 6 heteroatoms. The lowest BCUT2D eigenvalue weighted by Gasteiger charge is -1.90. The second kappa shape index (κ2) is 11.3. The molecule has 0 spiro atoms. The summed E-state index contributed by atoms with van der Waals surface area (Å²) in [7, 11) is -0.568. The van der Waals surface area contributed by atoms with Gasteiger partial charge in [-0.15, -0.1) is 4.52 Å². The summed E-state index contributed by atoms with van der Waals surface area (Å²) in [5, 5.41) is 0. The molecule has 0 amide bonds. The van der Waals surface area contributed by atoms with Gasteiger partial charge in [0.15, 0.2) is 0 Å². The third-order valence-corrected chi connectivity index (χ3v) is 2.68. The van der Waals surface area contributed by atoms with E-state index in [1.165, 1.54) is 12.8 Å². The van der Waals surface area contributed by atoms with Crippen molar-refractivity contribution in [3.8, 4) is 0 Å². The van der Waals surface area contributed by atoms with E-state index in [0.29, 0.717) is 6.61 Å². The van der Waals surface area contributed by atoms with Crippen LogP contribution in [0.5, 0.6) is 0 Å². The molecule has 1 heterocycles. The minimum atomic E-state index is -2.61. The number of nitrogens with zero attached hydrogens (tertiary/aromatic N) is 2. The van der Waals surface area contributed by atoms with Gasteiger partial charge in [0.2, 0.25) is 6.33 Å². The molecule has 18 heavy (non-hydrogen) atoms. The highest BCUT2D eigenvalue weighted by molar-refractivity contribution is 7.30.